The highest BCUT2D eigenvalue weighted by atomic mass is 16.7. The molecule has 2 aliphatic heterocycles. The van der Waals surface area contributed by atoms with Crippen molar-refractivity contribution >= 4 is 24.2 Å². The topological polar surface area (TPSA) is 349 Å². The molecule has 0 bridgehead atoms. The van der Waals surface area contributed by atoms with Crippen LogP contribution in [0.2, 0.25) is 0 Å². The fraction of sp³-hybridized carbons (Fsp3) is 0.886. The molecule has 2 saturated heterocycles. The molecule has 0 aromatic heterocycles. The van der Waals surface area contributed by atoms with Crippen molar-refractivity contribution in [2.75, 3.05) is 19.7 Å². The number of amides is 4. The zero-order valence-electron chi connectivity index (χ0n) is 34.2. The lowest BCUT2D eigenvalue weighted by Crippen LogP contribution is -2.70. The van der Waals surface area contributed by atoms with Gasteiger partial charge in [0.1, 0.15) is 84.4 Å². The smallest absolute Gasteiger partial charge is 0.408 e. The van der Waals surface area contributed by atoms with E-state index < -0.39 is 152 Å². The Bertz CT molecular complexity index is 1390. The molecular formula is C35H63N5O18. The Kier molecular flexibility index (Phi) is 16.9. The van der Waals surface area contributed by atoms with Crippen LogP contribution < -0.4 is 27.0 Å². The molecule has 4 amide bonds. The van der Waals surface area contributed by atoms with Crippen LogP contribution in [0.3, 0.4) is 0 Å². The summed E-state index contributed by atoms with van der Waals surface area (Å²) in [5.41, 5.74) is 3.21. The van der Waals surface area contributed by atoms with Crippen LogP contribution in [0.5, 0.6) is 0 Å². The van der Waals surface area contributed by atoms with Crippen LogP contribution in [-0.4, -0.2) is 188 Å². The second-order valence-electron chi connectivity index (χ2n) is 17.4. The van der Waals surface area contributed by atoms with Gasteiger partial charge in [0.05, 0.1) is 24.7 Å². The van der Waals surface area contributed by atoms with Crippen molar-refractivity contribution in [1.29, 1.82) is 0 Å². The number of aliphatic hydroxyl groups is 7. The summed E-state index contributed by atoms with van der Waals surface area (Å²) in [7, 11) is 0. The van der Waals surface area contributed by atoms with Crippen molar-refractivity contribution in [3.05, 3.63) is 0 Å². The Labute approximate surface area is 336 Å². The maximum Gasteiger partial charge on any atom is 0.408 e. The van der Waals surface area contributed by atoms with E-state index in [9.17, 15) is 54.9 Å². The van der Waals surface area contributed by atoms with Crippen molar-refractivity contribution in [1.82, 2.24) is 21.3 Å². The minimum absolute atomic E-state index is 0.359. The van der Waals surface area contributed by atoms with E-state index in [1.807, 2.05) is 0 Å². The first-order valence-corrected chi connectivity index (χ1v) is 18.9. The van der Waals surface area contributed by atoms with Crippen LogP contribution in [0.1, 0.15) is 68.7 Å². The average Bonchev–Trinajstić information content (AvgIpc) is 3.07. The van der Waals surface area contributed by atoms with Crippen LogP contribution >= 0.6 is 0 Å². The summed E-state index contributed by atoms with van der Waals surface area (Å²) in [6.07, 6.45) is -23.8. The first kappa shape index (κ1) is 49.2. The van der Waals surface area contributed by atoms with Gasteiger partial charge in [-0.25, -0.2) is 14.4 Å². The minimum Gasteiger partial charge on any atom is -0.444 e. The van der Waals surface area contributed by atoms with Gasteiger partial charge in [-0.1, -0.05) is 0 Å². The van der Waals surface area contributed by atoms with Crippen LogP contribution in [0.25, 0.3) is 0 Å². The van der Waals surface area contributed by atoms with E-state index >= 15 is 0 Å². The monoisotopic (exact) mass is 841 g/mol. The highest BCUT2D eigenvalue weighted by Crippen LogP contribution is 2.33. The number of ether oxygens (including phenoxy) is 7. The summed E-state index contributed by atoms with van der Waals surface area (Å²) in [6.45, 7) is 12.6. The second-order valence-corrected chi connectivity index (χ2v) is 17.4. The van der Waals surface area contributed by atoms with E-state index in [1.165, 1.54) is 0 Å². The first-order chi connectivity index (χ1) is 26.6. The van der Waals surface area contributed by atoms with Crippen LogP contribution in [0.15, 0.2) is 0 Å². The van der Waals surface area contributed by atoms with E-state index in [1.54, 1.807) is 62.3 Å². The number of nitrogens with two attached hydrogens (primary N) is 1. The Morgan fingerprint density at radius 3 is 1.59 bits per heavy atom. The number of rotatable bonds is 11. The van der Waals surface area contributed by atoms with Gasteiger partial charge in [-0.3, -0.25) is 4.79 Å². The van der Waals surface area contributed by atoms with Crippen LogP contribution in [-0.2, 0) is 38.0 Å². The molecule has 13 N–H and O–H groups in total. The lowest BCUT2D eigenvalue weighted by molar-refractivity contribution is -0.333. The number of hydrogen-bond acceptors (Lipinski definition) is 19. The molecule has 0 radical (unpaired) electrons. The standard InChI is InChI=1S/C35H63N5O18/c1-33(2,3)56-30(49)37-11-16-21(44)23(46)24(47)29(52-16)55-27-15(40-32(51)58-35(7,8)9)10-14(39-18(42)12-38-31(50)57-34(4,5)6)26(25(27)48)54-28-22(45)19(36)20(43)17(13-41)53-28/h14-17,19-29,41,43-48H,10-13,36H2,1-9H3,(H,37,49)(H,38,50)(H,39,42)(H,40,51)/t14-,15+,16-,17-,19+,20-,21-,22-,23+,24-,25-,26+,27-,28-,29-/m1/s1. The third kappa shape index (κ3) is 14.2. The fourth-order valence-electron chi connectivity index (χ4n) is 6.25. The van der Waals surface area contributed by atoms with Crippen molar-refractivity contribution in [3.8, 4) is 0 Å². The number of carbonyl (C=O) groups is 4. The third-order valence-corrected chi connectivity index (χ3v) is 8.85. The Morgan fingerprint density at radius 1 is 0.603 bits per heavy atom. The number of aliphatic hydroxyl groups excluding tert-OH is 7. The molecule has 15 atom stereocenters. The molecule has 0 aromatic rings. The van der Waals surface area contributed by atoms with Gasteiger partial charge in [0, 0.05) is 6.54 Å². The van der Waals surface area contributed by atoms with E-state index in [2.05, 4.69) is 21.3 Å². The average molecular weight is 842 g/mol. The Balaban J connectivity index is 1.98. The minimum atomic E-state index is -1.98. The molecule has 23 heteroatoms. The molecule has 1 aliphatic carbocycles. The zero-order chi connectivity index (χ0) is 44.1. The predicted octanol–water partition coefficient (Wildman–Crippen LogP) is -3.48. The normalized spacial score (nSPS) is 35.9. The highest BCUT2D eigenvalue weighted by molar-refractivity contribution is 5.82. The molecule has 0 spiro atoms. The SMILES string of the molecule is CC(C)(C)OC(=O)NCC(=O)N[C@@H]1C[C@H](NC(=O)OC(C)(C)C)[C@@H](O[C@H]2O[C@H](CNC(=O)OC(C)(C)C)[C@@H](O)[C@H](O)[C@H]2O)[C@H](O)[C@H]1O[C@H]1O[C@H](CO)[C@@H](O)[C@H](N)[C@H]1O. The fourth-order valence-corrected chi connectivity index (χ4v) is 6.25. The molecule has 3 fully saturated rings. The number of nitrogens with one attached hydrogen (secondary N) is 4. The number of carbonyl (C=O) groups excluding carboxylic acids is 4. The lowest BCUT2D eigenvalue weighted by atomic mass is 9.83. The molecule has 2 heterocycles. The molecule has 336 valence electrons. The molecular weight excluding hydrogens is 778 g/mol. The van der Waals surface area contributed by atoms with E-state index in [4.69, 9.17) is 38.9 Å². The predicted molar refractivity (Wildman–Crippen MR) is 196 cm³/mol. The summed E-state index contributed by atoms with van der Waals surface area (Å²) in [5, 5.41) is 85.5. The zero-order valence-corrected chi connectivity index (χ0v) is 34.2. The Hall–Kier alpha value is -3.20. The highest BCUT2D eigenvalue weighted by Gasteiger charge is 2.54. The van der Waals surface area contributed by atoms with Gasteiger partial charge in [-0.15, -0.1) is 0 Å². The third-order valence-electron chi connectivity index (χ3n) is 8.85. The largest absolute Gasteiger partial charge is 0.444 e. The molecule has 3 rings (SSSR count). The van der Waals surface area contributed by atoms with Gasteiger partial charge >= 0.3 is 18.3 Å². The summed E-state index contributed by atoms with van der Waals surface area (Å²) < 4.78 is 39.2. The van der Waals surface area contributed by atoms with E-state index in [-0.39, 0.29) is 6.42 Å². The summed E-state index contributed by atoms with van der Waals surface area (Å²) >= 11 is 0. The van der Waals surface area contributed by atoms with Crippen molar-refractivity contribution in [2.45, 2.75) is 177 Å². The molecule has 1 saturated carbocycles. The van der Waals surface area contributed by atoms with Gasteiger partial charge < -0.3 is 95.9 Å². The summed E-state index contributed by atoms with van der Waals surface area (Å²) in [5.74, 6) is -0.832. The van der Waals surface area contributed by atoms with Crippen molar-refractivity contribution in [2.24, 2.45) is 5.73 Å². The summed E-state index contributed by atoms with van der Waals surface area (Å²) in [6, 6.07) is -4.07. The molecule has 0 unspecified atom stereocenters. The summed E-state index contributed by atoms with van der Waals surface area (Å²) in [4.78, 5) is 51.0. The van der Waals surface area contributed by atoms with Gasteiger partial charge in [-0.2, -0.15) is 0 Å². The second kappa shape index (κ2) is 19.9. The van der Waals surface area contributed by atoms with Crippen LogP contribution in [0.4, 0.5) is 14.4 Å². The number of alkyl carbamates (subject to hydrolysis) is 3. The van der Waals surface area contributed by atoms with Gasteiger partial charge in [-0.05, 0) is 68.7 Å². The quantitative estimate of drug-likeness (QED) is 0.0899. The maximum absolute atomic E-state index is 13.3. The van der Waals surface area contributed by atoms with E-state index in [0.29, 0.717) is 0 Å². The maximum atomic E-state index is 13.3. The molecule has 23 nitrogen and oxygen atoms in total. The van der Waals surface area contributed by atoms with Crippen molar-refractivity contribution < 1.29 is 88.1 Å². The molecule has 0 aromatic carbocycles. The lowest BCUT2D eigenvalue weighted by Gasteiger charge is -2.49. The van der Waals surface area contributed by atoms with Gasteiger partial charge in [0.2, 0.25) is 5.91 Å². The number of hydrogen-bond donors (Lipinski definition) is 12. The van der Waals surface area contributed by atoms with Crippen molar-refractivity contribution in [3.63, 3.8) is 0 Å². The van der Waals surface area contributed by atoms with Gasteiger partial charge in [0.25, 0.3) is 0 Å². The molecule has 58 heavy (non-hydrogen) atoms. The van der Waals surface area contributed by atoms with Gasteiger partial charge in [0.15, 0.2) is 12.6 Å². The molecule has 3 aliphatic rings. The van der Waals surface area contributed by atoms with Crippen LogP contribution in [0, 0.1) is 0 Å². The Morgan fingerprint density at radius 2 is 1.07 bits per heavy atom. The van der Waals surface area contributed by atoms with E-state index in [0.717, 1.165) is 0 Å². The first-order valence-electron chi connectivity index (χ1n) is 18.9.